The van der Waals surface area contributed by atoms with Crippen LogP contribution >= 0.6 is 0 Å². The third-order valence-corrected chi connectivity index (χ3v) is 5.20. The summed E-state index contributed by atoms with van der Waals surface area (Å²) in [6, 6.07) is 0. The van der Waals surface area contributed by atoms with E-state index in [2.05, 4.69) is 5.32 Å². The van der Waals surface area contributed by atoms with Gasteiger partial charge in [-0.1, -0.05) is 41.5 Å². The lowest BCUT2D eigenvalue weighted by molar-refractivity contribution is 0.575. The van der Waals surface area contributed by atoms with Gasteiger partial charge in [0, 0.05) is 51.4 Å². The van der Waals surface area contributed by atoms with Crippen molar-refractivity contribution in [1.29, 1.82) is 0 Å². The molecule has 0 heterocycles. The summed E-state index contributed by atoms with van der Waals surface area (Å²) < 4.78 is 0. The molecular weight excluding hydrogens is 396 g/mol. The first-order valence-electron chi connectivity index (χ1n) is 10.6. The summed E-state index contributed by atoms with van der Waals surface area (Å²) in [6.07, 6.45) is 0. The van der Waals surface area contributed by atoms with Crippen LogP contribution < -0.4 is 42.6 Å². The van der Waals surface area contributed by atoms with Crippen LogP contribution in [-0.2, 0) is 10.8 Å². The number of hydrogen-bond acceptors (Lipinski definition) is 8. The van der Waals surface area contributed by atoms with Gasteiger partial charge in [-0.15, -0.1) is 0 Å². The second kappa shape index (κ2) is 9.87. The van der Waals surface area contributed by atoms with Crippen molar-refractivity contribution in [2.75, 3.05) is 57.1 Å². The van der Waals surface area contributed by atoms with Crippen LogP contribution in [0.5, 0.6) is 0 Å². The Kier molecular flexibility index (Phi) is 8.51. The van der Waals surface area contributed by atoms with Crippen molar-refractivity contribution in [3.8, 4) is 0 Å². The van der Waals surface area contributed by atoms with Gasteiger partial charge in [0.1, 0.15) is 0 Å². The predicted octanol–water partition coefficient (Wildman–Crippen LogP) is 0.211. The predicted molar refractivity (Wildman–Crippen MR) is 130 cm³/mol. The highest BCUT2D eigenvalue weighted by molar-refractivity contribution is 5.61. The Morgan fingerprint density at radius 2 is 1.06 bits per heavy atom. The number of anilines is 2. The Morgan fingerprint density at radius 3 is 1.35 bits per heavy atom. The smallest absolute Gasteiger partial charge is 0.249 e. The summed E-state index contributed by atoms with van der Waals surface area (Å²) in [4.78, 5) is 49.6. The summed E-state index contributed by atoms with van der Waals surface area (Å²) in [5.41, 5.74) is 5.92. The van der Waals surface area contributed by atoms with Gasteiger partial charge in [-0.3, -0.25) is 19.2 Å². The number of nitrogens with zero attached hydrogens (tertiary/aromatic N) is 2. The summed E-state index contributed by atoms with van der Waals surface area (Å²) in [5, 5.41) is 3.02. The topological polar surface area (TPSA) is 113 Å². The fraction of sp³-hybridized carbons (Fsp3) is 0.652. The van der Waals surface area contributed by atoms with Crippen molar-refractivity contribution in [1.82, 2.24) is 5.32 Å². The molecule has 0 aliphatic carbocycles. The molecule has 0 aliphatic rings. The van der Waals surface area contributed by atoms with Gasteiger partial charge in [0.2, 0.25) is 21.7 Å². The Labute approximate surface area is 184 Å². The molecule has 0 aromatic heterocycles. The van der Waals surface area contributed by atoms with Crippen molar-refractivity contribution in [3.05, 3.63) is 52.0 Å². The molecule has 0 unspecified atom stereocenters. The SMILES string of the molecule is CN(CCN)c1c(C(C)(C)C)c(=O)c1=O.CNCCN(C)c1c(C(C)(C)C)c(=O)c1=O. The van der Waals surface area contributed by atoms with Gasteiger partial charge >= 0.3 is 0 Å². The minimum absolute atomic E-state index is 0.256. The number of nitrogens with two attached hydrogens (primary N) is 1. The van der Waals surface area contributed by atoms with Crippen LogP contribution in [0, 0.1) is 0 Å². The van der Waals surface area contributed by atoms with Gasteiger partial charge in [0.25, 0.3) is 0 Å². The molecule has 8 heteroatoms. The number of likely N-dealkylation sites (N-methyl/N-ethyl adjacent to an activating group) is 3. The van der Waals surface area contributed by atoms with E-state index < -0.39 is 0 Å². The highest BCUT2D eigenvalue weighted by atomic mass is 16.2. The monoisotopic (exact) mass is 434 g/mol. The van der Waals surface area contributed by atoms with Gasteiger partial charge < -0.3 is 20.9 Å². The molecule has 174 valence electrons. The molecule has 0 radical (unpaired) electrons. The molecule has 8 nitrogen and oxygen atoms in total. The zero-order valence-corrected chi connectivity index (χ0v) is 20.4. The first-order chi connectivity index (χ1) is 14.1. The number of nitrogens with one attached hydrogen (secondary N) is 1. The lowest BCUT2D eigenvalue weighted by Gasteiger charge is -2.29. The second-order valence-corrected chi connectivity index (χ2v) is 10.00. The third kappa shape index (κ3) is 5.68. The van der Waals surface area contributed by atoms with Crippen molar-refractivity contribution in [2.24, 2.45) is 5.73 Å². The van der Waals surface area contributed by atoms with E-state index >= 15 is 0 Å². The molecule has 0 saturated carbocycles. The van der Waals surface area contributed by atoms with E-state index in [1.807, 2.05) is 60.5 Å². The van der Waals surface area contributed by atoms with Gasteiger partial charge in [-0.25, -0.2) is 0 Å². The van der Waals surface area contributed by atoms with Gasteiger partial charge in [0.05, 0.1) is 11.4 Å². The molecule has 0 bridgehead atoms. The molecule has 0 amide bonds. The van der Waals surface area contributed by atoms with Crippen LogP contribution in [0.1, 0.15) is 52.7 Å². The summed E-state index contributed by atoms with van der Waals surface area (Å²) in [5.74, 6) is 0. The Hall–Kier alpha value is -2.32. The average molecular weight is 435 g/mol. The van der Waals surface area contributed by atoms with E-state index in [0.29, 0.717) is 35.6 Å². The molecule has 31 heavy (non-hydrogen) atoms. The van der Waals surface area contributed by atoms with Crippen LogP contribution in [0.15, 0.2) is 19.2 Å². The largest absolute Gasteiger partial charge is 0.370 e. The van der Waals surface area contributed by atoms with Crippen molar-refractivity contribution in [3.63, 3.8) is 0 Å². The molecule has 0 atom stereocenters. The van der Waals surface area contributed by atoms with E-state index in [1.165, 1.54) is 0 Å². The van der Waals surface area contributed by atoms with E-state index in [4.69, 9.17) is 5.73 Å². The average Bonchev–Trinajstić information content (AvgIpc) is 2.65. The minimum atomic E-state index is -0.379. The highest BCUT2D eigenvalue weighted by Crippen LogP contribution is 2.28. The first kappa shape index (κ1) is 26.7. The maximum Gasteiger partial charge on any atom is 0.249 e. The molecule has 2 aromatic rings. The molecular formula is C23H38N4O4. The van der Waals surface area contributed by atoms with Crippen molar-refractivity contribution in [2.45, 2.75) is 52.4 Å². The molecule has 0 aliphatic heterocycles. The van der Waals surface area contributed by atoms with Crippen LogP contribution in [-0.4, -0.2) is 47.3 Å². The quantitative estimate of drug-likeness (QED) is 0.595. The van der Waals surface area contributed by atoms with E-state index in [9.17, 15) is 19.2 Å². The van der Waals surface area contributed by atoms with Crippen LogP contribution in [0.4, 0.5) is 11.4 Å². The maximum absolute atomic E-state index is 11.6. The lowest BCUT2D eigenvalue weighted by Crippen LogP contribution is -2.47. The summed E-state index contributed by atoms with van der Waals surface area (Å²) in [6.45, 7) is 14.3. The van der Waals surface area contributed by atoms with Gasteiger partial charge in [-0.2, -0.15) is 0 Å². The van der Waals surface area contributed by atoms with Crippen LogP contribution in [0.25, 0.3) is 0 Å². The Morgan fingerprint density at radius 1 is 0.710 bits per heavy atom. The standard InChI is InChI=1S/C12H20N2O2.C11H18N2O2/c1-12(2,3)8-9(11(16)10(8)15)14(5)7-6-13-4;1-11(2,3)7-8(10(15)9(7)14)13(4)6-5-12/h13H,6-7H2,1-5H3;5-6,12H2,1-4H3. The molecule has 0 saturated heterocycles. The lowest BCUT2D eigenvalue weighted by atomic mass is 9.82. The molecule has 0 spiro atoms. The zero-order valence-electron chi connectivity index (χ0n) is 20.4. The zero-order chi connectivity index (χ0) is 24.3. The maximum atomic E-state index is 11.6. The molecule has 2 aromatic carbocycles. The fourth-order valence-electron chi connectivity index (χ4n) is 3.58. The molecule has 3 N–H and O–H groups in total. The molecule has 2 rings (SSSR count). The van der Waals surface area contributed by atoms with Crippen molar-refractivity contribution < 1.29 is 0 Å². The Balaban J connectivity index is 0.000000311. The van der Waals surface area contributed by atoms with Gasteiger partial charge in [0.15, 0.2) is 0 Å². The summed E-state index contributed by atoms with van der Waals surface area (Å²) in [7, 11) is 5.50. The first-order valence-corrected chi connectivity index (χ1v) is 10.6. The number of rotatable bonds is 7. The Bertz CT molecular complexity index is 1030. The number of hydrogen-bond donors (Lipinski definition) is 2. The van der Waals surface area contributed by atoms with E-state index in [1.54, 1.807) is 11.9 Å². The normalized spacial score (nSPS) is 12.1. The second-order valence-electron chi connectivity index (χ2n) is 10.00. The van der Waals surface area contributed by atoms with Crippen LogP contribution in [0.2, 0.25) is 0 Å². The van der Waals surface area contributed by atoms with E-state index in [-0.39, 0.29) is 32.5 Å². The summed E-state index contributed by atoms with van der Waals surface area (Å²) >= 11 is 0. The minimum Gasteiger partial charge on any atom is -0.370 e. The van der Waals surface area contributed by atoms with Crippen molar-refractivity contribution >= 4 is 11.4 Å². The third-order valence-electron chi connectivity index (χ3n) is 5.20. The highest BCUT2D eigenvalue weighted by Gasteiger charge is 2.32. The van der Waals surface area contributed by atoms with Crippen LogP contribution in [0.3, 0.4) is 0 Å². The molecule has 0 fully saturated rings. The van der Waals surface area contributed by atoms with E-state index in [0.717, 1.165) is 13.1 Å². The fourth-order valence-corrected chi connectivity index (χ4v) is 3.58. The van der Waals surface area contributed by atoms with Gasteiger partial charge in [-0.05, 0) is 17.9 Å².